The topological polar surface area (TPSA) is 103 Å². The van der Waals surface area contributed by atoms with E-state index in [2.05, 4.69) is 29.9 Å². The fourth-order valence-corrected chi connectivity index (χ4v) is 2.54. The molecule has 1 amide bonds. The molecule has 0 saturated heterocycles. The summed E-state index contributed by atoms with van der Waals surface area (Å²) in [4.78, 5) is 23.4. The minimum Gasteiger partial charge on any atom is -0.444 e. The average molecular weight is 415 g/mol. The van der Waals surface area contributed by atoms with Gasteiger partial charge in [0, 0.05) is 17.1 Å². The highest BCUT2D eigenvalue weighted by Gasteiger charge is 2.38. The Kier molecular flexibility index (Phi) is 5.00. The van der Waals surface area contributed by atoms with Gasteiger partial charge in [-0.05, 0) is 24.3 Å². The van der Waals surface area contributed by atoms with Crippen LogP contribution in [0, 0.1) is 0 Å². The molecule has 0 atom stereocenters. The summed E-state index contributed by atoms with van der Waals surface area (Å²) in [5, 5.41) is 6.64. The molecule has 0 radical (unpaired) electrons. The Balaban J connectivity index is 1.35. The number of hydrogen-bond acceptors (Lipinski definition) is 7. The maximum absolute atomic E-state index is 12.5. The van der Waals surface area contributed by atoms with Gasteiger partial charge in [-0.1, -0.05) is 23.4 Å². The summed E-state index contributed by atoms with van der Waals surface area (Å²) in [6.45, 7) is 0.0122. The van der Waals surface area contributed by atoms with Crippen molar-refractivity contribution in [1.29, 1.82) is 0 Å². The number of hydrogen-bond donors (Lipinski definition) is 1. The molecule has 4 rings (SSSR count). The molecular weight excluding hydrogens is 403 g/mol. The normalized spacial score (nSPS) is 11.4. The molecule has 0 aliphatic carbocycles. The van der Waals surface area contributed by atoms with Gasteiger partial charge in [0.15, 0.2) is 0 Å². The van der Waals surface area contributed by atoms with Crippen molar-refractivity contribution in [2.24, 2.45) is 0 Å². The van der Waals surface area contributed by atoms with Gasteiger partial charge in [0.2, 0.25) is 5.82 Å². The molecule has 3 aromatic heterocycles. The smallest absolute Gasteiger partial charge is 0.444 e. The highest BCUT2D eigenvalue weighted by atomic mass is 19.4. The molecule has 4 aromatic rings. The molecule has 0 aliphatic rings. The van der Waals surface area contributed by atoms with E-state index in [0.29, 0.717) is 0 Å². The number of rotatable bonds is 4. The first-order valence-corrected chi connectivity index (χ1v) is 8.53. The lowest BCUT2D eigenvalue weighted by atomic mass is 10.2. The summed E-state index contributed by atoms with van der Waals surface area (Å²) in [6, 6.07) is 12.2. The zero-order valence-electron chi connectivity index (χ0n) is 15.1. The van der Waals surface area contributed by atoms with E-state index in [4.69, 9.17) is 4.74 Å². The maximum Gasteiger partial charge on any atom is 0.471 e. The lowest BCUT2D eigenvalue weighted by molar-refractivity contribution is -0.159. The number of amides is 1. The maximum atomic E-state index is 12.5. The van der Waals surface area contributed by atoms with Gasteiger partial charge in [0.25, 0.3) is 0 Å². The van der Waals surface area contributed by atoms with E-state index in [0.717, 1.165) is 16.5 Å². The zero-order chi connectivity index (χ0) is 21.1. The van der Waals surface area contributed by atoms with Gasteiger partial charge in [0.05, 0.1) is 17.4 Å². The minimum atomic E-state index is -4.74. The quantitative estimate of drug-likeness (QED) is 0.525. The van der Waals surface area contributed by atoms with Crippen LogP contribution in [0.15, 0.2) is 59.4 Å². The number of benzene rings is 1. The van der Waals surface area contributed by atoms with Crippen molar-refractivity contribution in [3.05, 3.63) is 66.3 Å². The monoisotopic (exact) mass is 415 g/mol. The second kappa shape index (κ2) is 7.78. The van der Waals surface area contributed by atoms with Crippen molar-refractivity contribution in [3.8, 4) is 11.5 Å². The number of halogens is 3. The molecule has 30 heavy (non-hydrogen) atoms. The van der Waals surface area contributed by atoms with Crippen LogP contribution in [0.2, 0.25) is 0 Å². The summed E-state index contributed by atoms with van der Waals surface area (Å²) in [5.41, 5.74) is 1.88. The van der Waals surface area contributed by atoms with E-state index in [1.54, 1.807) is 6.20 Å². The van der Waals surface area contributed by atoms with Crippen molar-refractivity contribution < 1.29 is 27.2 Å². The fourth-order valence-electron chi connectivity index (χ4n) is 2.54. The lowest BCUT2D eigenvalue weighted by Crippen LogP contribution is -2.13. The molecule has 1 N–H and O–H groups in total. The van der Waals surface area contributed by atoms with Gasteiger partial charge < -0.3 is 9.26 Å². The third-order valence-electron chi connectivity index (χ3n) is 3.92. The molecule has 0 unspecified atom stereocenters. The van der Waals surface area contributed by atoms with Crippen molar-refractivity contribution in [1.82, 2.24) is 20.1 Å². The first-order valence-electron chi connectivity index (χ1n) is 8.53. The van der Waals surface area contributed by atoms with Crippen LogP contribution >= 0.6 is 0 Å². The second-order valence-corrected chi connectivity index (χ2v) is 6.09. The van der Waals surface area contributed by atoms with Crippen LogP contribution < -0.4 is 5.32 Å². The van der Waals surface area contributed by atoms with E-state index < -0.39 is 18.2 Å². The Morgan fingerprint density at radius 3 is 2.67 bits per heavy atom. The van der Waals surface area contributed by atoms with Crippen LogP contribution in [0.3, 0.4) is 0 Å². The Bertz CT molecular complexity index is 1190. The number of para-hydroxylation sites is 1. The fraction of sp³-hybridized carbons (Fsp3) is 0.105. The molecule has 3 heterocycles. The Labute approximate surface area is 166 Å². The third kappa shape index (κ3) is 4.35. The van der Waals surface area contributed by atoms with Crippen molar-refractivity contribution in [2.45, 2.75) is 12.8 Å². The molecule has 0 fully saturated rings. The number of pyridine rings is 2. The molecular formula is C19H12F3N5O3. The summed E-state index contributed by atoms with van der Waals surface area (Å²) in [5.74, 6) is -1.78. The largest absolute Gasteiger partial charge is 0.471 e. The summed E-state index contributed by atoms with van der Waals surface area (Å²) >= 11 is 0. The summed E-state index contributed by atoms with van der Waals surface area (Å²) < 4.78 is 46.9. The van der Waals surface area contributed by atoms with Crippen LogP contribution in [-0.4, -0.2) is 26.2 Å². The van der Waals surface area contributed by atoms with Crippen LogP contribution in [0.25, 0.3) is 22.4 Å². The van der Waals surface area contributed by atoms with Gasteiger partial charge >= 0.3 is 18.2 Å². The number of nitrogens with one attached hydrogen (secondary N) is 1. The number of fused-ring (bicyclic) bond motifs is 1. The Morgan fingerprint density at radius 2 is 1.93 bits per heavy atom. The van der Waals surface area contributed by atoms with E-state index in [9.17, 15) is 18.0 Å². The Morgan fingerprint density at radius 1 is 1.10 bits per heavy atom. The second-order valence-electron chi connectivity index (χ2n) is 6.09. The predicted octanol–water partition coefficient (Wildman–Crippen LogP) is 4.45. The summed E-state index contributed by atoms with van der Waals surface area (Å²) in [7, 11) is 0. The number of carbonyl (C=O) groups is 1. The molecule has 0 bridgehead atoms. The Hall–Kier alpha value is -4.02. The standard InChI is InChI=1S/C19H12F3N5O3/c20-19(21,22)17-26-16(27-30-17)15-6-5-13(9-24-15)25-18(28)29-10-11-7-12-3-1-2-4-14(12)23-8-11/h1-9H,10H2,(H,25,28). The third-order valence-corrected chi connectivity index (χ3v) is 3.92. The number of alkyl halides is 3. The van der Waals surface area contributed by atoms with Crippen molar-refractivity contribution in [3.63, 3.8) is 0 Å². The first kappa shape index (κ1) is 19.3. The van der Waals surface area contributed by atoms with Gasteiger partial charge in [-0.25, -0.2) is 4.79 Å². The predicted molar refractivity (Wildman–Crippen MR) is 98.1 cm³/mol. The number of ether oxygens (including phenoxy) is 1. The average Bonchev–Trinajstić information content (AvgIpc) is 3.23. The van der Waals surface area contributed by atoms with E-state index >= 15 is 0 Å². The van der Waals surface area contributed by atoms with Crippen molar-refractivity contribution >= 4 is 22.7 Å². The zero-order valence-corrected chi connectivity index (χ0v) is 15.1. The number of carbonyl (C=O) groups excluding carboxylic acids is 1. The molecule has 0 saturated carbocycles. The van der Waals surface area contributed by atoms with Crippen LogP contribution in [0.1, 0.15) is 11.5 Å². The number of anilines is 1. The van der Waals surface area contributed by atoms with E-state index in [1.165, 1.54) is 18.3 Å². The SMILES string of the molecule is O=C(Nc1ccc(-c2noc(C(F)(F)F)n2)nc1)OCc1cnc2ccccc2c1. The van der Waals surface area contributed by atoms with Gasteiger partial charge in [-0.2, -0.15) is 18.2 Å². The minimum absolute atomic E-state index is 0.0122. The molecule has 0 spiro atoms. The van der Waals surface area contributed by atoms with Gasteiger partial charge in [-0.3, -0.25) is 15.3 Å². The number of aromatic nitrogens is 4. The highest BCUT2D eigenvalue weighted by molar-refractivity contribution is 5.84. The van der Waals surface area contributed by atoms with Gasteiger partial charge in [-0.15, -0.1) is 0 Å². The van der Waals surface area contributed by atoms with Crippen LogP contribution in [0.5, 0.6) is 0 Å². The molecule has 0 aliphatic heterocycles. The van der Waals surface area contributed by atoms with E-state index in [-0.39, 0.29) is 23.8 Å². The molecule has 1 aromatic carbocycles. The van der Waals surface area contributed by atoms with Crippen LogP contribution in [-0.2, 0) is 17.5 Å². The highest BCUT2D eigenvalue weighted by Crippen LogP contribution is 2.29. The molecule has 152 valence electrons. The van der Waals surface area contributed by atoms with Gasteiger partial charge in [0.1, 0.15) is 12.3 Å². The molecule has 11 heteroatoms. The van der Waals surface area contributed by atoms with E-state index in [1.807, 2.05) is 30.3 Å². The van der Waals surface area contributed by atoms with Crippen molar-refractivity contribution in [2.75, 3.05) is 5.32 Å². The van der Waals surface area contributed by atoms with Crippen LogP contribution in [0.4, 0.5) is 23.7 Å². The first-order chi connectivity index (χ1) is 14.4. The number of nitrogens with zero attached hydrogens (tertiary/aromatic N) is 4. The summed E-state index contributed by atoms with van der Waals surface area (Å²) in [6.07, 6.45) is -2.61. The lowest BCUT2D eigenvalue weighted by Gasteiger charge is -2.07. The molecule has 8 nitrogen and oxygen atoms in total.